The SMILES string of the molecule is CN(C)C1C=C2C(=NC(=O)C(C#N)=C2N2CCC3(CCC3)CC2)C=N1. The van der Waals surface area contributed by atoms with Crippen LogP contribution in [0, 0.1) is 16.7 Å². The van der Waals surface area contributed by atoms with Gasteiger partial charge >= 0.3 is 0 Å². The first-order chi connectivity index (χ1) is 12.0. The van der Waals surface area contributed by atoms with Crippen molar-refractivity contribution in [1.29, 1.82) is 5.26 Å². The number of nitrogens with zero attached hydrogens (tertiary/aromatic N) is 5. The molecule has 1 spiro atoms. The summed E-state index contributed by atoms with van der Waals surface area (Å²) < 4.78 is 0. The molecular weight excluding hydrogens is 314 g/mol. The highest BCUT2D eigenvalue weighted by Crippen LogP contribution is 2.49. The number of fused-ring (bicyclic) bond motifs is 1. The van der Waals surface area contributed by atoms with Gasteiger partial charge in [0.15, 0.2) is 0 Å². The van der Waals surface area contributed by atoms with Gasteiger partial charge in [-0.1, -0.05) is 6.42 Å². The molecule has 1 amide bonds. The Bertz CT molecular complexity index is 766. The number of piperidine rings is 1. The number of aliphatic imine (C=N–C) groups is 2. The van der Waals surface area contributed by atoms with Gasteiger partial charge in [0.2, 0.25) is 0 Å². The van der Waals surface area contributed by atoms with Crippen LogP contribution in [0.15, 0.2) is 32.9 Å². The number of likely N-dealkylation sites (tertiary alicyclic amines) is 1. The topological polar surface area (TPSA) is 72.1 Å². The number of amides is 1. The van der Waals surface area contributed by atoms with E-state index in [0.717, 1.165) is 37.2 Å². The van der Waals surface area contributed by atoms with E-state index < -0.39 is 5.91 Å². The van der Waals surface area contributed by atoms with Gasteiger partial charge in [-0.15, -0.1) is 0 Å². The summed E-state index contributed by atoms with van der Waals surface area (Å²) in [6.07, 6.45) is 9.88. The van der Waals surface area contributed by atoms with E-state index in [-0.39, 0.29) is 11.7 Å². The maximum absolute atomic E-state index is 12.3. The Morgan fingerprint density at radius 2 is 2.00 bits per heavy atom. The standard InChI is InChI=1S/C19H23N5O/c1-23(2)16-10-13-15(12-21-16)22-18(25)14(11-20)17(13)24-8-6-19(7-9-24)4-3-5-19/h10,12,16H,3-9H2,1-2H3. The fourth-order valence-corrected chi connectivity index (χ4v) is 4.28. The maximum Gasteiger partial charge on any atom is 0.290 e. The van der Waals surface area contributed by atoms with Gasteiger partial charge in [-0.3, -0.25) is 14.7 Å². The monoisotopic (exact) mass is 337 g/mol. The fraction of sp³-hybridized carbons (Fsp3) is 0.579. The molecule has 3 heterocycles. The molecule has 1 atom stereocenters. The van der Waals surface area contributed by atoms with Crippen LogP contribution in [0.4, 0.5) is 0 Å². The summed E-state index contributed by atoms with van der Waals surface area (Å²) in [7, 11) is 3.93. The van der Waals surface area contributed by atoms with Crippen LogP contribution in [0.2, 0.25) is 0 Å². The number of hydrogen-bond donors (Lipinski definition) is 0. The predicted molar refractivity (Wildman–Crippen MR) is 96.2 cm³/mol. The molecule has 0 N–H and O–H groups in total. The Labute approximate surface area is 148 Å². The lowest BCUT2D eigenvalue weighted by molar-refractivity contribution is -0.114. The third-order valence-electron chi connectivity index (χ3n) is 6.06. The molecule has 0 aromatic heterocycles. The van der Waals surface area contributed by atoms with Crippen molar-refractivity contribution in [1.82, 2.24) is 9.80 Å². The molecule has 1 saturated heterocycles. The molecule has 6 nitrogen and oxygen atoms in total. The zero-order valence-corrected chi connectivity index (χ0v) is 14.8. The zero-order chi connectivity index (χ0) is 17.6. The van der Waals surface area contributed by atoms with Crippen LogP contribution < -0.4 is 0 Å². The fourth-order valence-electron chi connectivity index (χ4n) is 4.28. The van der Waals surface area contributed by atoms with Crippen molar-refractivity contribution in [3.8, 4) is 6.07 Å². The minimum Gasteiger partial charge on any atom is -0.370 e. The van der Waals surface area contributed by atoms with E-state index >= 15 is 0 Å². The van der Waals surface area contributed by atoms with E-state index in [9.17, 15) is 10.1 Å². The number of dihydropyridines is 2. The summed E-state index contributed by atoms with van der Waals surface area (Å²) in [6, 6.07) is 2.11. The number of likely N-dealkylation sites (N-methyl/N-ethyl adjacent to an activating group) is 1. The van der Waals surface area contributed by atoms with Gasteiger partial charge in [0.05, 0.1) is 17.6 Å². The van der Waals surface area contributed by atoms with Gasteiger partial charge < -0.3 is 4.90 Å². The van der Waals surface area contributed by atoms with Gasteiger partial charge in [0.1, 0.15) is 17.8 Å². The molecule has 4 aliphatic rings. The van der Waals surface area contributed by atoms with Crippen molar-refractivity contribution in [3.63, 3.8) is 0 Å². The quantitative estimate of drug-likeness (QED) is 0.772. The van der Waals surface area contributed by atoms with Crippen LogP contribution in [0.25, 0.3) is 0 Å². The third-order valence-corrected chi connectivity index (χ3v) is 6.06. The van der Waals surface area contributed by atoms with Gasteiger partial charge in [0.25, 0.3) is 5.91 Å². The second-order valence-electron chi connectivity index (χ2n) is 7.71. The van der Waals surface area contributed by atoms with E-state index in [1.165, 1.54) is 19.3 Å². The molecule has 6 heteroatoms. The highest BCUT2D eigenvalue weighted by molar-refractivity contribution is 6.43. The Balaban J connectivity index is 1.69. The normalized spacial score (nSPS) is 27.7. The molecule has 1 unspecified atom stereocenters. The van der Waals surface area contributed by atoms with E-state index in [2.05, 4.69) is 21.0 Å². The molecule has 3 aliphatic heterocycles. The third kappa shape index (κ3) is 2.63. The Kier molecular flexibility index (Phi) is 3.84. The molecule has 1 saturated carbocycles. The largest absolute Gasteiger partial charge is 0.370 e. The number of carbonyl (C=O) groups is 1. The number of hydrogen-bond acceptors (Lipinski definition) is 5. The minimum absolute atomic E-state index is 0.0974. The van der Waals surface area contributed by atoms with Crippen LogP contribution in [-0.2, 0) is 4.79 Å². The minimum atomic E-state index is -0.441. The van der Waals surface area contributed by atoms with Crippen molar-refractivity contribution >= 4 is 17.8 Å². The molecule has 0 aromatic rings. The van der Waals surface area contributed by atoms with Gasteiger partial charge in [-0.05, 0) is 51.3 Å². The molecule has 130 valence electrons. The predicted octanol–water partition coefficient (Wildman–Crippen LogP) is 1.91. The molecule has 4 rings (SSSR count). The molecule has 0 aromatic carbocycles. The van der Waals surface area contributed by atoms with E-state index in [0.29, 0.717) is 11.1 Å². The van der Waals surface area contributed by atoms with Crippen molar-refractivity contribution in [2.45, 2.75) is 38.3 Å². The Hall–Kier alpha value is -2.26. The van der Waals surface area contributed by atoms with Crippen molar-refractivity contribution in [3.05, 3.63) is 22.9 Å². The smallest absolute Gasteiger partial charge is 0.290 e. The summed E-state index contributed by atoms with van der Waals surface area (Å²) in [4.78, 5) is 25.1. The summed E-state index contributed by atoms with van der Waals surface area (Å²) in [5.41, 5.74) is 2.93. The number of rotatable bonds is 2. The number of carbonyl (C=O) groups excluding carboxylic acids is 1. The van der Waals surface area contributed by atoms with Crippen LogP contribution in [0.5, 0.6) is 0 Å². The Morgan fingerprint density at radius 3 is 2.56 bits per heavy atom. The summed E-state index contributed by atoms with van der Waals surface area (Å²) in [5.74, 6) is -0.441. The average Bonchev–Trinajstić information content (AvgIpc) is 2.59. The van der Waals surface area contributed by atoms with Gasteiger partial charge in [-0.2, -0.15) is 5.26 Å². The van der Waals surface area contributed by atoms with E-state index in [1.54, 1.807) is 6.21 Å². The highest BCUT2D eigenvalue weighted by Gasteiger charge is 2.42. The van der Waals surface area contributed by atoms with Crippen LogP contribution >= 0.6 is 0 Å². The highest BCUT2D eigenvalue weighted by atomic mass is 16.1. The molecule has 1 aliphatic carbocycles. The van der Waals surface area contributed by atoms with E-state index in [1.807, 2.05) is 25.1 Å². The first-order valence-corrected chi connectivity index (χ1v) is 8.97. The Morgan fingerprint density at radius 1 is 1.28 bits per heavy atom. The van der Waals surface area contributed by atoms with Crippen molar-refractivity contribution in [2.75, 3.05) is 27.2 Å². The molecule has 25 heavy (non-hydrogen) atoms. The summed E-state index contributed by atoms with van der Waals surface area (Å²) in [6.45, 7) is 1.81. The summed E-state index contributed by atoms with van der Waals surface area (Å²) >= 11 is 0. The maximum atomic E-state index is 12.3. The lowest BCUT2D eigenvalue weighted by Crippen LogP contribution is -2.45. The number of nitriles is 1. The molecule has 0 bridgehead atoms. The zero-order valence-electron chi connectivity index (χ0n) is 14.8. The second-order valence-corrected chi connectivity index (χ2v) is 7.71. The number of allylic oxidation sites excluding steroid dienone is 1. The first kappa shape index (κ1) is 16.2. The second kappa shape index (κ2) is 5.92. The average molecular weight is 337 g/mol. The van der Waals surface area contributed by atoms with Crippen molar-refractivity contribution in [2.24, 2.45) is 15.4 Å². The van der Waals surface area contributed by atoms with Crippen molar-refractivity contribution < 1.29 is 4.79 Å². The van der Waals surface area contributed by atoms with Gasteiger partial charge in [0, 0.05) is 18.7 Å². The van der Waals surface area contributed by atoms with Gasteiger partial charge in [-0.25, -0.2) is 4.99 Å². The van der Waals surface area contributed by atoms with E-state index in [4.69, 9.17) is 0 Å². The molecule has 0 radical (unpaired) electrons. The molecule has 2 fully saturated rings. The lowest BCUT2D eigenvalue weighted by atomic mass is 9.63. The summed E-state index contributed by atoms with van der Waals surface area (Å²) in [5, 5.41) is 9.59. The first-order valence-electron chi connectivity index (χ1n) is 8.97. The van der Waals surface area contributed by atoms with Crippen LogP contribution in [-0.4, -0.2) is 61.0 Å². The molecular formula is C19H23N5O. The lowest BCUT2D eigenvalue weighted by Gasteiger charge is -2.49. The van der Waals surface area contributed by atoms with Crippen LogP contribution in [0.3, 0.4) is 0 Å². The van der Waals surface area contributed by atoms with Crippen LogP contribution in [0.1, 0.15) is 32.1 Å².